The number of rotatable bonds is 3. The maximum Gasteiger partial charge on any atom is 0.242 e. The van der Waals surface area contributed by atoms with Gasteiger partial charge in [0.2, 0.25) is 11.8 Å². The summed E-state index contributed by atoms with van der Waals surface area (Å²) < 4.78 is 0. The number of carbonyl (C=O) groups is 2. The lowest BCUT2D eigenvalue weighted by Gasteiger charge is -2.39. The third kappa shape index (κ3) is 3.22. The van der Waals surface area contributed by atoms with Gasteiger partial charge in [0.1, 0.15) is 0 Å². The number of hydrogen-bond acceptors (Lipinski definition) is 3. The number of amides is 2. The molecule has 0 aromatic heterocycles. The van der Waals surface area contributed by atoms with Crippen LogP contribution in [-0.2, 0) is 9.59 Å². The Balaban J connectivity index is 1.93. The highest BCUT2D eigenvalue weighted by Crippen LogP contribution is 2.24. The van der Waals surface area contributed by atoms with Gasteiger partial charge in [-0.15, -0.1) is 0 Å². The zero-order valence-corrected chi connectivity index (χ0v) is 11.1. The molecule has 2 amide bonds. The second-order valence-corrected chi connectivity index (χ2v) is 5.26. The predicted octanol–water partition coefficient (Wildman–Crippen LogP) is 0.256. The molecular weight excluding hydrogens is 230 g/mol. The number of likely N-dealkylation sites (tertiary alicyclic amines) is 1. The van der Waals surface area contributed by atoms with Gasteiger partial charge in [-0.2, -0.15) is 0 Å². The van der Waals surface area contributed by atoms with Gasteiger partial charge in [-0.05, 0) is 38.6 Å². The summed E-state index contributed by atoms with van der Waals surface area (Å²) in [6, 6.07) is 0.772. The van der Waals surface area contributed by atoms with E-state index in [2.05, 4.69) is 10.6 Å². The number of hydrogen-bond donors (Lipinski definition) is 2. The molecule has 2 rings (SSSR count). The van der Waals surface area contributed by atoms with E-state index in [-0.39, 0.29) is 18.4 Å². The number of nitrogens with zero attached hydrogens (tertiary/aromatic N) is 1. The molecule has 0 bridgehead atoms. The minimum absolute atomic E-state index is 0.0589. The molecule has 2 saturated heterocycles. The lowest BCUT2D eigenvalue weighted by molar-refractivity contribution is -0.136. The molecule has 0 aromatic carbocycles. The smallest absolute Gasteiger partial charge is 0.242 e. The van der Waals surface area contributed by atoms with Gasteiger partial charge in [-0.3, -0.25) is 9.59 Å². The fourth-order valence-corrected chi connectivity index (χ4v) is 3.03. The van der Waals surface area contributed by atoms with Crippen molar-refractivity contribution in [1.29, 1.82) is 0 Å². The Morgan fingerprint density at radius 2 is 2.11 bits per heavy atom. The molecule has 2 unspecified atom stereocenters. The van der Waals surface area contributed by atoms with Crippen LogP contribution in [-0.4, -0.2) is 48.4 Å². The van der Waals surface area contributed by atoms with Crippen LogP contribution < -0.4 is 10.6 Å². The highest BCUT2D eigenvalue weighted by atomic mass is 16.2. The lowest BCUT2D eigenvalue weighted by atomic mass is 9.94. The van der Waals surface area contributed by atoms with E-state index in [0.717, 1.165) is 32.4 Å². The van der Waals surface area contributed by atoms with Gasteiger partial charge in [0.15, 0.2) is 0 Å². The molecule has 102 valence electrons. The molecule has 5 heteroatoms. The van der Waals surface area contributed by atoms with Crippen LogP contribution in [0.3, 0.4) is 0 Å². The first-order chi connectivity index (χ1) is 8.68. The fourth-order valence-electron chi connectivity index (χ4n) is 3.03. The van der Waals surface area contributed by atoms with Crippen molar-refractivity contribution in [1.82, 2.24) is 15.5 Å². The highest BCUT2D eigenvalue weighted by Gasteiger charge is 2.33. The Morgan fingerprint density at radius 1 is 1.28 bits per heavy atom. The van der Waals surface area contributed by atoms with Gasteiger partial charge < -0.3 is 15.5 Å². The van der Waals surface area contributed by atoms with E-state index in [0.29, 0.717) is 12.1 Å². The molecule has 0 spiro atoms. The summed E-state index contributed by atoms with van der Waals surface area (Å²) in [5.74, 6) is -0.0838. The van der Waals surface area contributed by atoms with Crippen LogP contribution in [0.25, 0.3) is 0 Å². The highest BCUT2D eigenvalue weighted by molar-refractivity contribution is 5.84. The van der Waals surface area contributed by atoms with E-state index in [1.165, 1.54) is 19.8 Å². The van der Waals surface area contributed by atoms with Gasteiger partial charge in [-0.1, -0.05) is 0 Å². The molecule has 18 heavy (non-hydrogen) atoms. The summed E-state index contributed by atoms with van der Waals surface area (Å²) in [6.07, 6.45) is 5.73. The first-order valence-corrected chi connectivity index (χ1v) is 6.96. The van der Waals surface area contributed by atoms with Crippen molar-refractivity contribution in [3.05, 3.63) is 0 Å². The molecular formula is C13H23N3O2. The maximum atomic E-state index is 12.2. The van der Waals surface area contributed by atoms with E-state index >= 15 is 0 Å². The summed E-state index contributed by atoms with van der Waals surface area (Å²) in [5, 5.41) is 6.10. The Hall–Kier alpha value is -1.10. The topological polar surface area (TPSA) is 61.4 Å². The molecule has 5 nitrogen and oxygen atoms in total. The molecule has 2 heterocycles. The van der Waals surface area contributed by atoms with Gasteiger partial charge in [0.05, 0.1) is 6.54 Å². The molecule has 2 aliphatic heterocycles. The van der Waals surface area contributed by atoms with Crippen LogP contribution in [0.4, 0.5) is 0 Å². The summed E-state index contributed by atoms with van der Waals surface area (Å²) >= 11 is 0. The monoisotopic (exact) mass is 253 g/mol. The first kappa shape index (κ1) is 13.3. The van der Waals surface area contributed by atoms with Crippen LogP contribution in [0.15, 0.2) is 0 Å². The molecule has 2 fully saturated rings. The van der Waals surface area contributed by atoms with Gasteiger partial charge in [-0.25, -0.2) is 0 Å². The molecule has 2 atom stereocenters. The molecule has 2 N–H and O–H groups in total. The molecule has 0 aliphatic carbocycles. The van der Waals surface area contributed by atoms with Crippen molar-refractivity contribution in [2.75, 3.05) is 19.6 Å². The van der Waals surface area contributed by atoms with E-state index in [4.69, 9.17) is 0 Å². The number of nitrogens with one attached hydrogen (secondary N) is 2. The fraction of sp³-hybridized carbons (Fsp3) is 0.846. The van der Waals surface area contributed by atoms with Crippen molar-refractivity contribution in [3.8, 4) is 0 Å². The zero-order chi connectivity index (χ0) is 13.0. The average Bonchev–Trinajstić information content (AvgIpc) is 2.89. The van der Waals surface area contributed by atoms with E-state index in [1.807, 2.05) is 4.90 Å². The van der Waals surface area contributed by atoms with Crippen molar-refractivity contribution >= 4 is 11.8 Å². The number of carbonyl (C=O) groups excluding carboxylic acids is 2. The summed E-state index contributed by atoms with van der Waals surface area (Å²) in [6.45, 7) is 3.48. The molecule has 2 aliphatic rings. The Bertz CT molecular complexity index is 313. The molecule has 0 aromatic rings. The van der Waals surface area contributed by atoms with Gasteiger partial charge >= 0.3 is 0 Å². The zero-order valence-electron chi connectivity index (χ0n) is 11.1. The van der Waals surface area contributed by atoms with Crippen molar-refractivity contribution in [2.24, 2.45) is 0 Å². The predicted molar refractivity (Wildman–Crippen MR) is 69.1 cm³/mol. The van der Waals surface area contributed by atoms with Crippen LogP contribution in [0.1, 0.15) is 39.0 Å². The summed E-state index contributed by atoms with van der Waals surface area (Å²) in [4.78, 5) is 25.0. The first-order valence-electron chi connectivity index (χ1n) is 6.96. The minimum atomic E-state index is -0.143. The third-order valence-corrected chi connectivity index (χ3v) is 3.92. The third-order valence-electron chi connectivity index (χ3n) is 3.92. The Kier molecular flexibility index (Phi) is 4.58. The van der Waals surface area contributed by atoms with Crippen molar-refractivity contribution < 1.29 is 9.59 Å². The van der Waals surface area contributed by atoms with Gasteiger partial charge in [0, 0.05) is 25.6 Å². The van der Waals surface area contributed by atoms with E-state index in [1.54, 1.807) is 0 Å². The standard InChI is InChI=1S/C13H23N3O2/c1-10(17)15-9-13(18)16-8-3-2-6-12(16)11-5-4-7-14-11/h11-12,14H,2-9H2,1H3,(H,15,17). The van der Waals surface area contributed by atoms with E-state index < -0.39 is 0 Å². The second kappa shape index (κ2) is 6.18. The normalized spacial score (nSPS) is 28.2. The Morgan fingerprint density at radius 3 is 2.78 bits per heavy atom. The largest absolute Gasteiger partial charge is 0.347 e. The van der Waals surface area contributed by atoms with E-state index in [9.17, 15) is 9.59 Å². The van der Waals surface area contributed by atoms with Crippen LogP contribution in [0.5, 0.6) is 0 Å². The van der Waals surface area contributed by atoms with Crippen molar-refractivity contribution in [2.45, 2.75) is 51.1 Å². The van der Waals surface area contributed by atoms with Gasteiger partial charge in [0.25, 0.3) is 0 Å². The average molecular weight is 253 g/mol. The summed E-state index contributed by atoms with van der Waals surface area (Å²) in [5.41, 5.74) is 0. The maximum absolute atomic E-state index is 12.2. The summed E-state index contributed by atoms with van der Waals surface area (Å²) in [7, 11) is 0. The molecule has 0 saturated carbocycles. The second-order valence-electron chi connectivity index (χ2n) is 5.26. The van der Waals surface area contributed by atoms with Crippen LogP contribution >= 0.6 is 0 Å². The van der Waals surface area contributed by atoms with Crippen molar-refractivity contribution in [3.63, 3.8) is 0 Å². The molecule has 0 radical (unpaired) electrons. The van der Waals surface area contributed by atoms with Crippen LogP contribution in [0, 0.1) is 0 Å². The van der Waals surface area contributed by atoms with Crippen LogP contribution in [0.2, 0.25) is 0 Å². The quantitative estimate of drug-likeness (QED) is 0.758. The number of piperidine rings is 1. The SMILES string of the molecule is CC(=O)NCC(=O)N1CCCCC1C1CCCN1. The lowest BCUT2D eigenvalue weighted by Crippen LogP contribution is -2.54. The Labute approximate surface area is 108 Å². The minimum Gasteiger partial charge on any atom is -0.347 e.